The Labute approximate surface area is 147 Å². The van der Waals surface area contributed by atoms with Gasteiger partial charge in [-0.1, -0.05) is 25.8 Å². The molecule has 2 rings (SSSR count). The normalized spacial score (nSPS) is 17.3. The van der Waals surface area contributed by atoms with Crippen molar-refractivity contribution >= 4 is 11.8 Å². The summed E-state index contributed by atoms with van der Waals surface area (Å²) in [6, 6.07) is 4.72. The molecule has 0 aromatic carbocycles. The highest BCUT2D eigenvalue weighted by atomic mass is 15.2. The topological polar surface area (TPSA) is 52.6 Å². The van der Waals surface area contributed by atoms with Crippen LogP contribution in [-0.4, -0.2) is 36.6 Å². The Morgan fingerprint density at radius 1 is 1.21 bits per heavy atom. The lowest BCUT2D eigenvalue weighted by Crippen LogP contribution is -2.41. The zero-order valence-electron chi connectivity index (χ0n) is 15.5. The van der Waals surface area contributed by atoms with E-state index >= 15 is 0 Å². The predicted octanol–water partition coefficient (Wildman–Crippen LogP) is 3.32. The van der Waals surface area contributed by atoms with E-state index in [0.29, 0.717) is 12.6 Å². The predicted molar refractivity (Wildman–Crippen MR) is 103 cm³/mol. The molecule has 1 fully saturated rings. The smallest absolute Gasteiger partial charge is 0.191 e. The van der Waals surface area contributed by atoms with Crippen molar-refractivity contribution in [2.75, 3.05) is 24.5 Å². The maximum atomic E-state index is 4.67. The van der Waals surface area contributed by atoms with Gasteiger partial charge in [0.1, 0.15) is 5.82 Å². The van der Waals surface area contributed by atoms with Crippen LogP contribution >= 0.6 is 0 Å². The summed E-state index contributed by atoms with van der Waals surface area (Å²) in [5.74, 6) is 1.98. The van der Waals surface area contributed by atoms with E-state index < -0.39 is 0 Å². The van der Waals surface area contributed by atoms with E-state index in [9.17, 15) is 0 Å². The number of hydrogen-bond acceptors (Lipinski definition) is 3. The molecule has 0 saturated carbocycles. The Kier molecular flexibility index (Phi) is 7.86. The van der Waals surface area contributed by atoms with Crippen LogP contribution in [0, 0.1) is 0 Å². The van der Waals surface area contributed by atoms with Gasteiger partial charge in [-0.3, -0.25) is 0 Å². The SMILES string of the molecule is CCNC(=NCc1ccc(N2CCCCCC2)nc1)NC(C)CC. The van der Waals surface area contributed by atoms with Gasteiger partial charge in [0.05, 0.1) is 6.54 Å². The molecule has 1 aliphatic rings. The monoisotopic (exact) mass is 331 g/mol. The van der Waals surface area contributed by atoms with Crippen molar-refractivity contribution in [3.63, 3.8) is 0 Å². The van der Waals surface area contributed by atoms with Crippen molar-refractivity contribution in [2.24, 2.45) is 4.99 Å². The molecule has 24 heavy (non-hydrogen) atoms. The average Bonchev–Trinajstić information content (AvgIpc) is 2.89. The van der Waals surface area contributed by atoms with Crippen LogP contribution in [0.2, 0.25) is 0 Å². The molecule has 1 atom stereocenters. The zero-order chi connectivity index (χ0) is 17.2. The fourth-order valence-electron chi connectivity index (χ4n) is 2.82. The van der Waals surface area contributed by atoms with Crippen molar-refractivity contribution in [3.8, 4) is 0 Å². The van der Waals surface area contributed by atoms with Crippen LogP contribution in [-0.2, 0) is 6.54 Å². The summed E-state index contributed by atoms with van der Waals surface area (Å²) >= 11 is 0. The zero-order valence-corrected chi connectivity index (χ0v) is 15.5. The van der Waals surface area contributed by atoms with Crippen LogP contribution in [0.4, 0.5) is 5.82 Å². The molecule has 0 spiro atoms. The minimum absolute atomic E-state index is 0.423. The lowest BCUT2D eigenvalue weighted by molar-refractivity contribution is 0.624. The van der Waals surface area contributed by atoms with Gasteiger partial charge in [-0.25, -0.2) is 9.98 Å². The Morgan fingerprint density at radius 3 is 2.54 bits per heavy atom. The number of pyridine rings is 1. The maximum Gasteiger partial charge on any atom is 0.191 e. The van der Waals surface area contributed by atoms with Gasteiger partial charge >= 0.3 is 0 Å². The molecule has 1 saturated heterocycles. The molecular weight excluding hydrogens is 298 g/mol. The number of aliphatic imine (C=N–C) groups is 1. The molecule has 5 nitrogen and oxygen atoms in total. The second-order valence-corrected chi connectivity index (χ2v) is 6.57. The van der Waals surface area contributed by atoms with Crippen LogP contribution < -0.4 is 15.5 Å². The Morgan fingerprint density at radius 2 is 1.96 bits per heavy atom. The quantitative estimate of drug-likeness (QED) is 0.620. The highest BCUT2D eigenvalue weighted by molar-refractivity contribution is 5.80. The number of guanidine groups is 1. The first kappa shape index (κ1) is 18.6. The Bertz CT molecular complexity index is 489. The molecule has 1 aromatic rings. The summed E-state index contributed by atoms with van der Waals surface area (Å²) in [6.45, 7) is 10.2. The van der Waals surface area contributed by atoms with Crippen LogP contribution in [0.25, 0.3) is 0 Å². The van der Waals surface area contributed by atoms with Crippen molar-refractivity contribution < 1.29 is 0 Å². The third kappa shape index (κ3) is 6.02. The molecule has 2 N–H and O–H groups in total. The fourth-order valence-corrected chi connectivity index (χ4v) is 2.82. The third-order valence-corrected chi connectivity index (χ3v) is 4.50. The number of nitrogens with zero attached hydrogens (tertiary/aromatic N) is 3. The van der Waals surface area contributed by atoms with Crippen molar-refractivity contribution in [1.29, 1.82) is 0 Å². The van der Waals surface area contributed by atoms with Crippen molar-refractivity contribution in [3.05, 3.63) is 23.9 Å². The first-order chi connectivity index (χ1) is 11.7. The molecule has 1 aromatic heterocycles. The van der Waals surface area contributed by atoms with E-state index in [1.54, 1.807) is 0 Å². The van der Waals surface area contributed by atoms with Gasteiger partial charge in [0, 0.05) is 31.9 Å². The van der Waals surface area contributed by atoms with E-state index in [4.69, 9.17) is 0 Å². The minimum atomic E-state index is 0.423. The van der Waals surface area contributed by atoms with E-state index in [0.717, 1.165) is 43.4 Å². The van der Waals surface area contributed by atoms with Crippen molar-refractivity contribution in [2.45, 2.75) is 65.5 Å². The maximum absolute atomic E-state index is 4.67. The van der Waals surface area contributed by atoms with E-state index in [1.807, 2.05) is 6.20 Å². The average molecular weight is 332 g/mol. The summed E-state index contributed by atoms with van der Waals surface area (Å²) in [5, 5.41) is 6.72. The first-order valence-corrected chi connectivity index (χ1v) is 9.47. The summed E-state index contributed by atoms with van der Waals surface area (Å²) in [5.41, 5.74) is 1.15. The number of aromatic nitrogens is 1. The molecule has 5 heteroatoms. The van der Waals surface area contributed by atoms with Gasteiger partial charge < -0.3 is 15.5 Å². The van der Waals surface area contributed by atoms with Gasteiger partial charge in [-0.15, -0.1) is 0 Å². The Hall–Kier alpha value is -1.78. The molecule has 0 amide bonds. The summed E-state index contributed by atoms with van der Waals surface area (Å²) in [4.78, 5) is 11.7. The van der Waals surface area contributed by atoms with E-state index in [2.05, 4.69) is 58.4 Å². The molecule has 1 aliphatic heterocycles. The highest BCUT2D eigenvalue weighted by Gasteiger charge is 2.10. The fraction of sp³-hybridized carbons (Fsp3) is 0.684. The van der Waals surface area contributed by atoms with Crippen LogP contribution in [0.5, 0.6) is 0 Å². The largest absolute Gasteiger partial charge is 0.357 e. The highest BCUT2D eigenvalue weighted by Crippen LogP contribution is 2.17. The van der Waals surface area contributed by atoms with E-state index in [-0.39, 0.29) is 0 Å². The first-order valence-electron chi connectivity index (χ1n) is 9.47. The van der Waals surface area contributed by atoms with Gasteiger partial charge in [-0.05, 0) is 44.7 Å². The van der Waals surface area contributed by atoms with Crippen molar-refractivity contribution in [1.82, 2.24) is 15.6 Å². The van der Waals surface area contributed by atoms with Gasteiger partial charge in [0.25, 0.3) is 0 Å². The second-order valence-electron chi connectivity index (χ2n) is 6.57. The number of nitrogens with one attached hydrogen (secondary N) is 2. The summed E-state index contributed by atoms with van der Waals surface area (Å²) in [7, 11) is 0. The van der Waals surface area contributed by atoms with E-state index in [1.165, 1.54) is 25.7 Å². The van der Waals surface area contributed by atoms with Gasteiger partial charge in [-0.2, -0.15) is 0 Å². The molecular formula is C19H33N5. The molecule has 0 bridgehead atoms. The van der Waals surface area contributed by atoms with Crippen LogP contribution in [0.15, 0.2) is 23.3 Å². The molecule has 0 aliphatic carbocycles. The van der Waals surface area contributed by atoms with Gasteiger partial charge in [0.2, 0.25) is 0 Å². The minimum Gasteiger partial charge on any atom is -0.357 e. The number of hydrogen-bond donors (Lipinski definition) is 2. The standard InChI is InChI=1S/C19H33N5/c1-4-16(3)23-19(20-5-2)22-15-17-10-11-18(21-14-17)24-12-8-6-7-9-13-24/h10-11,14,16H,4-9,12-13,15H2,1-3H3,(H2,20,22,23). The lowest BCUT2D eigenvalue weighted by atomic mass is 10.2. The number of rotatable bonds is 6. The number of anilines is 1. The molecule has 1 unspecified atom stereocenters. The second kappa shape index (κ2) is 10.2. The lowest BCUT2D eigenvalue weighted by Gasteiger charge is -2.21. The molecule has 2 heterocycles. The van der Waals surface area contributed by atoms with Crippen LogP contribution in [0.3, 0.4) is 0 Å². The summed E-state index contributed by atoms with van der Waals surface area (Å²) in [6.07, 6.45) is 8.30. The summed E-state index contributed by atoms with van der Waals surface area (Å²) < 4.78 is 0. The molecule has 0 radical (unpaired) electrons. The van der Waals surface area contributed by atoms with Crippen LogP contribution in [0.1, 0.15) is 58.4 Å². The molecule has 134 valence electrons. The Balaban J connectivity index is 1.95. The third-order valence-electron chi connectivity index (χ3n) is 4.50. The van der Waals surface area contributed by atoms with Gasteiger partial charge in [0.15, 0.2) is 5.96 Å².